The van der Waals surface area contributed by atoms with Gasteiger partial charge in [0.05, 0.1) is 5.56 Å². The number of amides is 1. The lowest BCUT2D eigenvalue weighted by Gasteiger charge is -2.03. The van der Waals surface area contributed by atoms with Gasteiger partial charge < -0.3 is 15.4 Å². The van der Waals surface area contributed by atoms with Crippen LogP contribution in [0.3, 0.4) is 0 Å². The molecule has 1 amide bonds. The number of rotatable bonds is 5. The Hall–Kier alpha value is -2.63. The molecule has 2 aromatic heterocycles. The molecule has 19 heavy (non-hydrogen) atoms. The lowest BCUT2D eigenvalue weighted by molar-refractivity contribution is 0.0695. The molecule has 0 radical (unpaired) electrons. The van der Waals surface area contributed by atoms with E-state index in [0.29, 0.717) is 6.54 Å². The van der Waals surface area contributed by atoms with Crippen LogP contribution in [0, 0.1) is 0 Å². The van der Waals surface area contributed by atoms with Gasteiger partial charge in [-0.2, -0.15) is 0 Å². The van der Waals surface area contributed by atoms with E-state index in [-0.39, 0.29) is 17.2 Å². The summed E-state index contributed by atoms with van der Waals surface area (Å²) in [6.45, 7) is 0.499. The smallest absolute Gasteiger partial charge is 0.337 e. The maximum atomic E-state index is 11.7. The van der Waals surface area contributed by atoms with Gasteiger partial charge in [0.15, 0.2) is 0 Å². The molecular weight excluding hydrogens is 246 g/mol. The van der Waals surface area contributed by atoms with Crippen LogP contribution in [0.15, 0.2) is 36.8 Å². The zero-order valence-corrected chi connectivity index (χ0v) is 10.1. The number of nitrogens with zero attached hydrogens (tertiary/aromatic N) is 1. The first-order valence-corrected chi connectivity index (χ1v) is 5.76. The van der Waals surface area contributed by atoms with Gasteiger partial charge in [-0.05, 0) is 30.2 Å². The van der Waals surface area contributed by atoms with Crippen molar-refractivity contribution in [3.8, 4) is 0 Å². The van der Waals surface area contributed by atoms with Crippen LogP contribution in [0.25, 0.3) is 0 Å². The normalized spacial score (nSPS) is 10.1. The molecule has 3 N–H and O–H groups in total. The first kappa shape index (κ1) is 12.8. The Labute approximate surface area is 109 Å². The molecule has 2 aromatic rings. The molecule has 0 aromatic carbocycles. The van der Waals surface area contributed by atoms with E-state index in [1.165, 1.54) is 18.3 Å². The summed E-state index contributed by atoms with van der Waals surface area (Å²) in [5.74, 6) is -1.38. The van der Waals surface area contributed by atoms with Gasteiger partial charge in [-0.3, -0.25) is 9.78 Å². The highest BCUT2D eigenvalue weighted by atomic mass is 16.4. The number of aromatic carboxylic acids is 1. The van der Waals surface area contributed by atoms with Crippen molar-refractivity contribution in [1.29, 1.82) is 0 Å². The maximum Gasteiger partial charge on any atom is 0.337 e. The van der Waals surface area contributed by atoms with E-state index in [4.69, 9.17) is 5.11 Å². The van der Waals surface area contributed by atoms with Crippen LogP contribution in [0.1, 0.15) is 26.4 Å². The van der Waals surface area contributed by atoms with Crippen molar-refractivity contribution in [3.63, 3.8) is 0 Å². The van der Waals surface area contributed by atoms with Gasteiger partial charge in [-0.1, -0.05) is 0 Å². The quantitative estimate of drug-likeness (QED) is 0.748. The third kappa shape index (κ3) is 3.41. The zero-order valence-electron chi connectivity index (χ0n) is 10.1. The first-order valence-electron chi connectivity index (χ1n) is 5.76. The molecule has 0 fully saturated rings. The molecule has 0 aliphatic heterocycles. The Kier molecular flexibility index (Phi) is 3.92. The number of carboxylic acids is 1. The fraction of sp³-hybridized carbons (Fsp3) is 0.154. The topological polar surface area (TPSA) is 95.1 Å². The number of carboxylic acid groups (broad SMARTS) is 1. The average Bonchev–Trinajstić information content (AvgIpc) is 2.92. The second-order valence-corrected chi connectivity index (χ2v) is 3.96. The number of aromatic nitrogens is 2. The highest BCUT2D eigenvalue weighted by Gasteiger charge is 2.08. The number of pyridine rings is 1. The highest BCUT2D eigenvalue weighted by molar-refractivity contribution is 5.93. The summed E-state index contributed by atoms with van der Waals surface area (Å²) in [7, 11) is 0. The van der Waals surface area contributed by atoms with E-state index in [1.807, 2.05) is 18.5 Å². The summed E-state index contributed by atoms with van der Waals surface area (Å²) < 4.78 is 0. The van der Waals surface area contributed by atoms with Crippen molar-refractivity contribution in [2.45, 2.75) is 6.42 Å². The Balaban J connectivity index is 1.87. The summed E-state index contributed by atoms with van der Waals surface area (Å²) in [6, 6.07) is 4.69. The van der Waals surface area contributed by atoms with E-state index >= 15 is 0 Å². The molecule has 0 spiro atoms. The minimum Gasteiger partial charge on any atom is -0.478 e. The summed E-state index contributed by atoms with van der Waals surface area (Å²) in [5, 5.41) is 11.4. The van der Waals surface area contributed by atoms with Crippen LogP contribution in [0.4, 0.5) is 0 Å². The minimum absolute atomic E-state index is 0.0591. The Morgan fingerprint density at radius 2 is 2.16 bits per heavy atom. The fourth-order valence-corrected chi connectivity index (χ4v) is 1.58. The van der Waals surface area contributed by atoms with E-state index in [1.54, 1.807) is 0 Å². The van der Waals surface area contributed by atoms with Crippen molar-refractivity contribution < 1.29 is 14.7 Å². The Bertz CT molecular complexity index is 561. The third-order valence-corrected chi connectivity index (χ3v) is 2.60. The minimum atomic E-state index is -1.06. The summed E-state index contributed by atoms with van der Waals surface area (Å²) in [5.41, 5.74) is 1.37. The number of hydrogen-bond donors (Lipinski definition) is 3. The van der Waals surface area contributed by atoms with Gasteiger partial charge >= 0.3 is 5.97 Å². The molecule has 0 bridgehead atoms. The Morgan fingerprint density at radius 1 is 1.32 bits per heavy atom. The van der Waals surface area contributed by atoms with E-state index < -0.39 is 5.97 Å². The summed E-state index contributed by atoms with van der Waals surface area (Å²) in [6.07, 6.45) is 5.58. The maximum absolute atomic E-state index is 11.7. The second-order valence-electron chi connectivity index (χ2n) is 3.96. The largest absolute Gasteiger partial charge is 0.478 e. The van der Waals surface area contributed by atoms with E-state index in [0.717, 1.165) is 12.0 Å². The number of H-pyrrole nitrogens is 1. The third-order valence-electron chi connectivity index (χ3n) is 2.60. The second kappa shape index (κ2) is 5.81. The molecule has 0 atom stereocenters. The van der Waals surface area contributed by atoms with Crippen LogP contribution >= 0.6 is 0 Å². The zero-order chi connectivity index (χ0) is 13.7. The molecule has 98 valence electrons. The fourth-order valence-electron chi connectivity index (χ4n) is 1.58. The van der Waals surface area contributed by atoms with E-state index in [9.17, 15) is 9.59 Å². The number of carbonyl (C=O) groups excluding carboxylic acids is 1. The molecule has 0 aliphatic rings. The molecule has 0 saturated carbocycles. The molecule has 6 nitrogen and oxygen atoms in total. The van der Waals surface area contributed by atoms with Crippen LogP contribution in [0.5, 0.6) is 0 Å². The monoisotopic (exact) mass is 259 g/mol. The number of nitrogens with one attached hydrogen (secondary N) is 2. The molecule has 2 heterocycles. The average molecular weight is 259 g/mol. The van der Waals surface area contributed by atoms with Gasteiger partial charge in [-0.25, -0.2) is 4.79 Å². The van der Waals surface area contributed by atoms with Gasteiger partial charge in [0.2, 0.25) is 0 Å². The predicted molar refractivity (Wildman–Crippen MR) is 68.0 cm³/mol. The SMILES string of the molecule is O=C(O)c1ccc(C(=O)NCCc2cc[nH]c2)nc1. The van der Waals surface area contributed by atoms with Crippen LogP contribution in [0.2, 0.25) is 0 Å². The van der Waals surface area contributed by atoms with Gasteiger partial charge in [0, 0.05) is 25.1 Å². The number of carbonyl (C=O) groups is 2. The molecule has 6 heteroatoms. The van der Waals surface area contributed by atoms with Crippen molar-refractivity contribution in [1.82, 2.24) is 15.3 Å². The van der Waals surface area contributed by atoms with Crippen molar-refractivity contribution in [3.05, 3.63) is 53.6 Å². The van der Waals surface area contributed by atoms with Crippen molar-refractivity contribution >= 4 is 11.9 Å². The van der Waals surface area contributed by atoms with E-state index in [2.05, 4.69) is 15.3 Å². The lowest BCUT2D eigenvalue weighted by Crippen LogP contribution is -2.26. The molecule has 0 saturated heterocycles. The standard InChI is InChI=1S/C13H13N3O3/c17-12(15-6-4-9-3-5-14-7-9)11-2-1-10(8-16-11)13(18)19/h1-3,5,7-8,14H,4,6H2,(H,15,17)(H,18,19). The Morgan fingerprint density at radius 3 is 2.74 bits per heavy atom. The first-order chi connectivity index (χ1) is 9.16. The van der Waals surface area contributed by atoms with Crippen LogP contribution in [-0.2, 0) is 6.42 Å². The van der Waals surface area contributed by atoms with Crippen LogP contribution < -0.4 is 5.32 Å². The van der Waals surface area contributed by atoms with Crippen molar-refractivity contribution in [2.24, 2.45) is 0 Å². The highest BCUT2D eigenvalue weighted by Crippen LogP contribution is 2.01. The molecule has 0 unspecified atom stereocenters. The van der Waals surface area contributed by atoms with Crippen molar-refractivity contribution in [2.75, 3.05) is 6.54 Å². The molecular formula is C13H13N3O3. The summed E-state index contributed by atoms with van der Waals surface area (Å²) >= 11 is 0. The predicted octanol–water partition coefficient (Wildman–Crippen LogP) is 1.08. The number of aromatic amines is 1. The van der Waals surface area contributed by atoms with Gasteiger partial charge in [0.1, 0.15) is 5.69 Å². The lowest BCUT2D eigenvalue weighted by atomic mass is 10.2. The number of hydrogen-bond acceptors (Lipinski definition) is 3. The molecule has 2 rings (SSSR count). The van der Waals surface area contributed by atoms with Gasteiger partial charge in [-0.15, -0.1) is 0 Å². The molecule has 0 aliphatic carbocycles. The van der Waals surface area contributed by atoms with Gasteiger partial charge in [0.25, 0.3) is 5.91 Å². The summed E-state index contributed by atoms with van der Waals surface area (Å²) in [4.78, 5) is 29.1. The van der Waals surface area contributed by atoms with Crippen LogP contribution in [-0.4, -0.2) is 33.5 Å².